The molecule has 1 aliphatic heterocycles. The molecule has 0 atom stereocenters. The maximum atomic E-state index is 12.8. The van der Waals surface area contributed by atoms with Crippen LogP contribution in [0.5, 0.6) is 11.5 Å². The number of urea groups is 1. The molecule has 11 nitrogen and oxygen atoms in total. The summed E-state index contributed by atoms with van der Waals surface area (Å²) in [5, 5.41) is 16.2. The van der Waals surface area contributed by atoms with Crippen LogP contribution in [0.2, 0.25) is 10.0 Å². The van der Waals surface area contributed by atoms with Crippen LogP contribution in [-0.4, -0.2) is 41.3 Å². The van der Waals surface area contributed by atoms with E-state index in [1.807, 2.05) is 0 Å². The summed E-state index contributed by atoms with van der Waals surface area (Å²) in [6, 6.07) is 14.8. The molecule has 1 saturated heterocycles. The number of nitrogens with one attached hydrogen (secondary N) is 2. The van der Waals surface area contributed by atoms with Gasteiger partial charge in [-0.15, -0.1) is 0 Å². The number of para-hydroxylation sites is 2. The van der Waals surface area contributed by atoms with Gasteiger partial charge in [0.15, 0.2) is 5.75 Å². The predicted octanol–water partition coefficient (Wildman–Crippen LogP) is 5.02. The van der Waals surface area contributed by atoms with Crippen LogP contribution in [0.15, 0.2) is 66.4 Å². The Balaban J connectivity index is 1.44. The van der Waals surface area contributed by atoms with Gasteiger partial charge < -0.3 is 20.1 Å². The fourth-order valence-electron chi connectivity index (χ4n) is 3.68. The smallest absolute Gasteiger partial charge is 0.329 e. The van der Waals surface area contributed by atoms with Crippen molar-refractivity contribution >= 4 is 58.5 Å². The molecule has 200 valence electrons. The summed E-state index contributed by atoms with van der Waals surface area (Å²) in [5.41, 5.74) is 1.16. The fraction of sp³-hybridized carbons (Fsp3) is 0.115. The number of ether oxygens (including phenoxy) is 2. The Morgan fingerprint density at radius 2 is 1.82 bits per heavy atom. The zero-order chi connectivity index (χ0) is 28.1. The van der Waals surface area contributed by atoms with E-state index in [1.165, 1.54) is 43.5 Å². The highest BCUT2D eigenvalue weighted by molar-refractivity contribution is 6.37. The maximum absolute atomic E-state index is 12.8. The average molecular weight is 571 g/mol. The summed E-state index contributed by atoms with van der Waals surface area (Å²) in [6.45, 7) is -0.548. The molecular formula is C26H20Cl2N4O7. The predicted molar refractivity (Wildman–Crippen MR) is 144 cm³/mol. The van der Waals surface area contributed by atoms with Crippen LogP contribution < -0.4 is 20.1 Å². The molecule has 39 heavy (non-hydrogen) atoms. The topological polar surface area (TPSA) is 140 Å². The molecule has 3 aromatic rings. The molecule has 0 spiro atoms. The Labute approximate surface area is 232 Å². The van der Waals surface area contributed by atoms with Crippen LogP contribution in [0.4, 0.5) is 16.2 Å². The van der Waals surface area contributed by atoms with E-state index in [2.05, 4.69) is 10.6 Å². The van der Waals surface area contributed by atoms with Gasteiger partial charge in [-0.25, -0.2) is 9.69 Å². The van der Waals surface area contributed by atoms with Crippen LogP contribution in [0, 0.1) is 10.1 Å². The van der Waals surface area contributed by atoms with Gasteiger partial charge in [0.05, 0.1) is 27.8 Å². The minimum Gasteiger partial charge on any atom is -0.495 e. The summed E-state index contributed by atoms with van der Waals surface area (Å²) in [4.78, 5) is 48.9. The van der Waals surface area contributed by atoms with Crippen LogP contribution >= 0.6 is 23.2 Å². The van der Waals surface area contributed by atoms with E-state index in [0.29, 0.717) is 22.6 Å². The molecule has 0 aromatic heterocycles. The van der Waals surface area contributed by atoms with E-state index in [0.717, 1.165) is 4.90 Å². The molecule has 4 amide bonds. The van der Waals surface area contributed by atoms with Crippen molar-refractivity contribution in [2.24, 2.45) is 0 Å². The number of hydrogen-bond acceptors (Lipinski definition) is 7. The minimum atomic E-state index is -0.768. The first-order chi connectivity index (χ1) is 18.7. The average Bonchev–Trinajstić information content (AvgIpc) is 3.15. The highest BCUT2D eigenvalue weighted by Gasteiger charge is 2.35. The van der Waals surface area contributed by atoms with Crippen LogP contribution in [0.3, 0.4) is 0 Å². The Kier molecular flexibility index (Phi) is 8.33. The van der Waals surface area contributed by atoms with Gasteiger partial charge in [0.1, 0.15) is 24.6 Å². The Morgan fingerprint density at radius 3 is 2.51 bits per heavy atom. The lowest BCUT2D eigenvalue weighted by molar-refractivity contribution is -0.384. The number of nitro groups is 1. The van der Waals surface area contributed by atoms with E-state index in [4.69, 9.17) is 32.7 Å². The summed E-state index contributed by atoms with van der Waals surface area (Å²) < 4.78 is 10.9. The number of non-ortho nitro benzene ring substituents is 1. The third-order valence-electron chi connectivity index (χ3n) is 5.48. The molecule has 2 N–H and O–H groups in total. The van der Waals surface area contributed by atoms with E-state index >= 15 is 0 Å². The van der Waals surface area contributed by atoms with Gasteiger partial charge in [-0.1, -0.05) is 47.5 Å². The molecule has 0 radical (unpaired) electrons. The number of benzene rings is 3. The van der Waals surface area contributed by atoms with Crippen molar-refractivity contribution in [1.82, 2.24) is 10.2 Å². The number of rotatable bonds is 9. The highest BCUT2D eigenvalue weighted by Crippen LogP contribution is 2.36. The molecule has 13 heteroatoms. The van der Waals surface area contributed by atoms with Crippen molar-refractivity contribution in [3.8, 4) is 11.5 Å². The first-order valence-corrected chi connectivity index (χ1v) is 12.0. The molecule has 3 aromatic carbocycles. The van der Waals surface area contributed by atoms with Gasteiger partial charge in [-0.3, -0.25) is 19.7 Å². The molecule has 0 aliphatic carbocycles. The fourth-order valence-corrected chi connectivity index (χ4v) is 4.29. The maximum Gasteiger partial charge on any atom is 0.329 e. The number of carbonyl (C=O) groups excluding carboxylic acids is 3. The van der Waals surface area contributed by atoms with Gasteiger partial charge in [0.25, 0.3) is 11.6 Å². The van der Waals surface area contributed by atoms with Crippen LogP contribution in [-0.2, 0) is 16.2 Å². The third kappa shape index (κ3) is 6.46. The van der Waals surface area contributed by atoms with Crippen LogP contribution in [0.25, 0.3) is 6.08 Å². The largest absolute Gasteiger partial charge is 0.495 e. The summed E-state index contributed by atoms with van der Waals surface area (Å²) in [7, 11) is 1.45. The monoisotopic (exact) mass is 570 g/mol. The molecule has 1 fully saturated rings. The number of carbonyl (C=O) groups is 3. The van der Waals surface area contributed by atoms with Crippen molar-refractivity contribution < 1.29 is 28.8 Å². The zero-order valence-corrected chi connectivity index (χ0v) is 21.8. The number of nitro benzene ring substituents is 1. The van der Waals surface area contributed by atoms with Crippen molar-refractivity contribution in [1.29, 1.82) is 0 Å². The molecule has 1 aliphatic rings. The Hall–Kier alpha value is -4.61. The number of anilines is 1. The number of hydrogen-bond donors (Lipinski definition) is 2. The third-order valence-corrected chi connectivity index (χ3v) is 6.04. The van der Waals surface area contributed by atoms with Crippen molar-refractivity contribution in [3.05, 3.63) is 97.6 Å². The molecule has 0 bridgehead atoms. The number of imide groups is 1. The molecule has 1 heterocycles. The lowest BCUT2D eigenvalue weighted by Gasteiger charge is -2.13. The summed E-state index contributed by atoms with van der Waals surface area (Å²) >= 11 is 12.7. The quantitative estimate of drug-likeness (QED) is 0.159. The normalized spacial score (nSPS) is 13.8. The van der Waals surface area contributed by atoms with Crippen molar-refractivity contribution in [3.63, 3.8) is 0 Å². The standard InChI is InChI=1S/C26H20Cl2N4O7/c1-38-22-8-3-2-7-20(22)29-23(33)13-31-25(34)21(30-26(31)35)12-16-10-18(27)24(19(28)11-16)39-14-15-5-4-6-17(9-15)32(36)37/h2-12H,13-14H2,1H3,(H,29,33)(H,30,35)/b21-12+. The first kappa shape index (κ1) is 27.4. The second-order valence-corrected chi connectivity index (χ2v) is 8.97. The Bertz CT molecular complexity index is 1490. The van der Waals surface area contributed by atoms with Gasteiger partial charge in [0.2, 0.25) is 5.91 Å². The number of halogens is 2. The minimum absolute atomic E-state index is 0.0258. The van der Waals surface area contributed by atoms with E-state index in [-0.39, 0.29) is 33.8 Å². The lowest BCUT2D eigenvalue weighted by Crippen LogP contribution is -2.38. The van der Waals surface area contributed by atoms with Gasteiger partial charge in [-0.2, -0.15) is 0 Å². The van der Waals surface area contributed by atoms with E-state index in [1.54, 1.807) is 30.3 Å². The second-order valence-electron chi connectivity index (χ2n) is 8.16. The number of amides is 4. The van der Waals surface area contributed by atoms with Crippen LogP contribution in [0.1, 0.15) is 11.1 Å². The summed E-state index contributed by atoms with van der Waals surface area (Å²) in [6.07, 6.45) is 1.36. The summed E-state index contributed by atoms with van der Waals surface area (Å²) in [5.74, 6) is -0.743. The lowest BCUT2D eigenvalue weighted by atomic mass is 10.1. The van der Waals surface area contributed by atoms with E-state index in [9.17, 15) is 24.5 Å². The SMILES string of the molecule is COc1ccccc1NC(=O)CN1C(=O)N/C(=C/c2cc(Cl)c(OCc3cccc([N+](=O)[O-])c3)c(Cl)c2)C1=O. The van der Waals surface area contributed by atoms with Gasteiger partial charge >= 0.3 is 6.03 Å². The van der Waals surface area contributed by atoms with Crippen molar-refractivity contribution in [2.75, 3.05) is 19.0 Å². The molecule has 0 unspecified atom stereocenters. The zero-order valence-electron chi connectivity index (χ0n) is 20.3. The number of nitrogens with zero attached hydrogens (tertiary/aromatic N) is 2. The highest BCUT2D eigenvalue weighted by atomic mass is 35.5. The second kappa shape index (κ2) is 11.8. The molecule has 0 saturated carbocycles. The van der Waals surface area contributed by atoms with Gasteiger partial charge in [-0.05, 0) is 41.5 Å². The van der Waals surface area contributed by atoms with Crippen molar-refractivity contribution in [2.45, 2.75) is 6.61 Å². The first-order valence-electron chi connectivity index (χ1n) is 11.3. The Morgan fingerprint density at radius 1 is 1.10 bits per heavy atom. The van der Waals surface area contributed by atoms with Gasteiger partial charge in [0, 0.05) is 12.1 Å². The number of methoxy groups -OCH3 is 1. The molecule has 4 rings (SSSR count). The van der Waals surface area contributed by atoms with E-state index < -0.39 is 29.3 Å². The molecular weight excluding hydrogens is 551 g/mol.